The van der Waals surface area contributed by atoms with Gasteiger partial charge in [0.25, 0.3) is 0 Å². The molecule has 1 aromatic rings. The van der Waals surface area contributed by atoms with E-state index in [0.717, 1.165) is 28.4 Å². The van der Waals surface area contributed by atoms with Gasteiger partial charge in [-0.15, -0.1) is 0 Å². The fourth-order valence-electron chi connectivity index (χ4n) is 3.23. The molecule has 1 saturated heterocycles. The first kappa shape index (κ1) is 11.6. The number of halogens is 1. The molecule has 3 rings (SSSR count). The quantitative estimate of drug-likeness (QED) is 0.787. The van der Waals surface area contributed by atoms with Crippen LogP contribution >= 0.6 is 22.6 Å². The van der Waals surface area contributed by atoms with Crippen LogP contribution in [0.5, 0.6) is 0 Å². The topological polar surface area (TPSA) is 55.0 Å². The Kier molecular flexibility index (Phi) is 3.21. The Labute approximate surface area is 115 Å². The van der Waals surface area contributed by atoms with Gasteiger partial charge in [0.15, 0.2) is 0 Å². The highest BCUT2D eigenvalue weighted by Crippen LogP contribution is 2.37. The normalized spacial score (nSPS) is 32.6. The lowest BCUT2D eigenvalue weighted by atomic mass is 9.78. The third-order valence-corrected chi connectivity index (χ3v) is 4.86. The van der Waals surface area contributed by atoms with Gasteiger partial charge in [-0.1, -0.05) is 6.42 Å². The summed E-state index contributed by atoms with van der Waals surface area (Å²) >= 11 is 2.31. The van der Waals surface area contributed by atoms with Crippen LogP contribution in [0.2, 0.25) is 0 Å². The molecule has 0 aromatic carbocycles. The Balaban J connectivity index is 1.81. The van der Waals surface area contributed by atoms with Gasteiger partial charge in [0.1, 0.15) is 12.1 Å². The van der Waals surface area contributed by atoms with Crippen molar-refractivity contribution in [1.29, 1.82) is 0 Å². The summed E-state index contributed by atoms with van der Waals surface area (Å²) in [5, 5.41) is 0. The molecule has 3 atom stereocenters. The van der Waals surface area contributed by atoms with Crippen LogP contribution in [0, 0.1) is 15.4 Å². The Bertz CT molecular complexity index is 411. The number of hydrogen-bond acceptors (Lipinski definition) is 4. The van der Waals surface area contributed by atoms with E-state index in [1.807, 2.05) is 6.20 Å². The Morgan fingerprint density at radius 3 is 3.00 bits per heavy atom. The minimum atomic E-state index is 0.387. The van der Waals surface area contributed by atoms with Gasteiger partial charge >= 0.3 is 0 Å². The summed E-state index contributed by atoms with van der Waals surface area (Å²) in [6.07, 6.45) is 7.33. The second-order valence-corrected chi connectivity index (χ2v) is 6.28. The van der Waals surface area contributed by atoms with Crippen LogP contribution in [0.3, 0.4) is 0 Å². The van der Waals surface area contributed by atoms with Gasteiger partial charge < -0.3 is 10.6 Å². The van der Waals surface area contributed by atoms with Crippen molar-refractivity contribution in [3.05, 3.63) is 16.1 Å². The molecule has 2 fully saturated rings. The second kappa shape index (κ2) is 4.68. The highest BCUT2D eigenvalue weighted by molar-refractivity contribution is 14.1. The van der Waals surface area contributed by atoms with Gasteiger partial charge in [-0.2, -0.15) is 0 Å². The van der Waals surface area contributed by atoms with Crippen LogP contribution < -0.4 is 10.6 Å². The number of hydrogen-bond donors (Lipinski definition) is 1. The lowest BCUT2D eigenvalue weighted by Crippen LogP contribution is -2.38. The average molecular weight is 344 g/mol. The molecule has 0 radical (unpaired) electrons. The zero-order chi connectivity index (χ0) is 11.8. The van der Waals surface area contributed by atoms with Crippen LogP contribution in [0.1, 0.15) is 19.3 Å². The van der Waals surface area contributed by atoms with E-state index in [-0.39, 0.29) is 0 Å². The van der Waals surface area contributed by atoms with E-state index in [2.05, 4.69) is 37.5 Å². The van der Waals surface area contributed by atoms with Crippen molar-refractivity contribution in [3.8, 4) is 0 Å². The lowest BCUT2D eigenvalue weighted by molar-refractivity contribution is 0.260. The first-order valence-corrected chi connectivity index (χ1v) is 7.29. The maximum absolute atomic E-state index is 6.24. The average Bonchev–Trinajstić information content (AvgIpc) is 2.75. The largest absolute Gasteiger partial charge is 0.355 e. The van der Waals surface area contributed by atoms with Gasteiger partial charge in [0.2, 0.25) is 0 Å². The third kappa shape index (κ3) is 2.14. The fourth-order valence-corrected chi connectivity index (χ4v) is 3.87. The standard InChI is InChI=1S/C12H17IN4/c13-10-4-15-7-16-12(10)17-5-8-2-1-3-11(14)9(8)6-17/h4,7-9,11H,1-3,5-6,14H2. The van der Waals surface area contributed by atoms with Crippen LogP contribution in [0.15, 0.2) is 12.5 Å². The Morgan fingerprint density at radius 1 is 1.35 bits per heavy atom. The zero-order valence-corrected chi connectivity index (χ0v) is 11.9. The number of aromatic nitrogens is 2. The fraction of sp³-hybridized carbons (Fsp3) is 0.667. The minimum absolute atomic E-state index is 0.387. The third-order valence-electron chi connectivity index (χ3n) is 4.10. The van der Waals surface area contributed by atoms with E-state index < -0.39 is 0 Å². The molecular formula is C12H17IN4. The predicted octanol–water partition coefficient (Wildman–Crippen LogP) is 1.64. The van der Waals surface area contributed by atoms with E-state index >= 15 is 0 Å². The SMILES string of the molecule is NC1CCCC2CN(c3ncncc3I)CC12. The molecule has 1 aliphatic carbocycles. The Hall–Kier alpha value is -0.430. The number of nitrogens with two attached hydrogens (primary N) is 1. The molecule has 0 amide bonds. The van der Waals surface area contributed by atoms with Gasteiger partial charge in [-0.25, -0.2) is 9.97 Å². The predicted molar refractivity (Wildman–Crippen MR) is 75.8 cm³/mol. The van der Waals surface area contributed by atoms with Crippen molar-refractivity contribution in [3.63, 3.8) is 0 Å². The van der Waals surface area contributed by atoms with Gasteiger partial charge in [0.05, 0.1) is 3.57 Å². The molecule has 92 valence electrons. The number of anilines is 1. The van der Waals surface area contributed by atoms with E-state index in [9.17, 15) is 0 Å². The van der Waals surface area contributed by atoms with E-state index in [1.54, 1.807) is 6.33 Å². The molecule has 1 aliphatic heterocycles. The van der Waals surface area contributed by atoms with E-state index in [4.69, 9.17) is 5.73 Å². The molecule has 2 N–H and O–H groups in total. The molecule has 2 heterocycles. The molecule has 4 nitrogen and oxygen atoms in total. The van der Waals surface area contributed by atoms with Gasteiger partial charge in [-0.05, 0) is 47.3 Å². The summed E-state index contributed by atoms with van der Waals surface area (Å²) in [4.78, 5) is 10.9. The monoisotopic (exact) mass is 344 g/mol. The van der Waals surface area contributed by atoms with E-state index in [0.29, 0.717) is 12.0 Å². The molecule has 3 unspecified atom stereocenters. The summed E-state index contributed by atoms with van der Waals surface area (Å²) < 4.78 is 1.14. The van der Waals surface area contributed by atoms with Crippen LogP contribution in [0.4, 0.5) is 5.82 Å². The maximum atomic E-state index is 6.24. The summed E-state index contributed by atoms with van der Waals surface area (Å²) in [5.41, 5.74) is 6.24. The van der Waals surface area contributed by atoms with Crippen molar-refractivity contribution in [2.45, 2.75) is 25.3 Å². The summed E-state index contributed by atoms with van der Waals surface area (Å²) in [7, 11) is 0. The number of fused-ring (bicyclic) bond motifs is 1. The van der Waals surface area contributed by atoms with Crippen molar-refractivity contribution in [2.75, 3.05) is 18.0 Å². The molecular weight excluding hydrogens is 327 g/mol. The second-order valence-electron chi connectivity index (χ2n) is 5.12. The highest BCUT2D eigenvalue weighted by atomic mass is 127. The van der Waals surface area contributed by atoms with Crippen molar-refractivity contribution >= 4 is 28.4 Å². The molecule has 17 heavy (non-hydrogen) atoms. The van der Waals surface area contributed by atoms with Crippen LogP contribution in [-0.2, 0) is 0 Å². The molecule has 0 spiro atoms. The summed E-state index contributed by atoms with van der Waals surface area (Å²) in [6, 6.07) is 0.387. The number of nitrogens with zero attached hydrogens (tertiary/aromatic N) is 3. The number of rotatable bonds is 1. The summed E-state index contributed by atoms with van der Waals surface area (Å²) in [5.74, 6) is 2.52. The maximum Gasteiger partial charge on any atom is 0.145 e. The first-order valence-electron chi connectivity index (χ1n) is 6.21. The van der Waals surface area contributed by atoms with Gasteiger partial charge in [0, 0.05) is 25.3 Å². The van der Waals surface area contributed by atoms with Gasteiger partial charge in [-0.3, -0.25) is 0 Å². The van der Waals surface area contributed by atoms with Crippen molar-refractivity contribution in [1.82, 2.24) is 9.97 Å². The molecule has 1 aromatic heterocycles. The minimum Gasteiger partial charge on any atom is -0.355 e. The van der Waals surface area contributed by atoms with Crippen LogP contribution in [-0.4, -0.2) is 29.1 Å². The molecule has 5 heteroatoms. The highest BCUT2D eigenvalue weighted by Gasteiger charge is 2.39. The van der Waals surface area contributed by atoms with Crippen LogP contribution in [0.25, 0.3) is 0 Å². The molecule has 2 aliphatic rings. The zero-order valence-electron chi connectivity index (χ0n) is 9.72. The molecule has 0 bridgehead atoms. The first-order chi connectivity index (χ1) is 8.25. The Morgan fingerprint density at radius 2 is 2.24 bits per heavy atom. The van der Waals surface area contributed by atoms with Crippen molar-refractivity contribution in [2.24, 2.45) is 17.6 Å². The molecule has 1 saturated carbocycles. The smallest absolute Gasteiger partial charge is 0.145 e. The lowest BCUT2D eigenvalue weighted by Gasteiger charge is -2.29. The van der Waals surface area contributed by atoms with E-state index in [1.165, 1.54) is 19.3 Å². The van der Waals surface area contributed by atoms with Crippen molar-refractivity contribution < 1.29 is 0 Å². The summed E-state index contributed by atoms with van der Waals surface area (Å²) in [6.45, 7) is 2.18.